The number of hydrogen-bond donors (Lipinski definition) is 1. The second kappa shape index (κ2) is 4.25. The van der Waals surface area contributed by atoms with Gasteiger partial charge in [0.05, 0.1) is 18.1 Å². The van der Waals surface area contributed by atoms with Crippen LogP contribution in [-0.2, 0) is 9.53 Å². The molecule has 0 aromatic rings. The van der Waals surface area contributed by atoms with Crippen LogP contribution in [0.2, 0.25) is 0 Å². The highest BCUT2D eigenvalue weighted by atomic mass is 16.5. The van der Waals surface area contributed by atoms with Crippen LogP contribution in [0, 0.1) is 11.8 Å². The van der Waals surface area contributed by atoms with E-state index in [4.69, 9.17) is 10.5 Å². The number of ether oxygens (including phenoxy) is 1. The molecule has 5 unspecified atom stereocenters. The first-order chi connectivity index (χ1) is 8.19. The summed E-state index contributed by atoms with van der Waals surface area (Å²) >= 11 is 0. The molecule has 96 valence electrons. The molecule has 1 amide bonds. The van der Waals surface area contributed by atoms with E-state index in [2.05, 4.69) is 6.92 Å². The third-order valence-electron chi connectivity index (χ3n) is 4.70. The minimum Gasteiger partial charge on any atom is -0.374 e. The van der Waals surface area contributed by atoms with E-state index in [1.807, 2.05) is 4.90 Å². The zero-order valence-corrected chi connectivity index (χ0v) is 10.5. The van der Waals surface area contributed by atoms with Crippen LogP contribution in [0.15, 0.2) is 0 Å². The number of rotatable bonds is 2. The van der Waals surface area contributed by atoms with Gasteiger partial charge in [0, 0.05) is 12.6 Å². The van der Waals surface area contributed by atoms with Crippen LogP contribution in [0.3, 0.4) is 0 Å². The molecule has 17 heavy (non-hydrogen) atoms. The van der Waals surface area contributed by atoms with Crippen molar-refractivity contribution in [3.05, 3.63) is 0 Å². The summed E-state index contributed by atoms with van der Waals surface area (Å²) in [4.78, 5) is 14.6. The predicted octanol–water partition coefficient (Wildman–Crippen LogP) is 0.750. The average molecular weight is 238 g/mol. The smallest absolute Gasteiger partial charge is 0.228 e. The van der Waals surface area contributed by atoms with E-state index in [1.54, 1.807) is 0 Å². The number of carbonyl (C=O) groups is 1. The highest BCUT2D eigenvalue weighted by Gasteiger charge is 2.47. The molecule has 3 fully saturated rings. The molecule has 0 aromatic heterocycles. The van der Waals surface area contributed by atoms with E-state index < -0.39 is 0 Å². The molecular formula is C13H22N2O2. The lowest BCUT2D eigenvalue weighted by atomic mass is 9.88. The van der Waals surface area contributed by atoms with Gasteiger partial charge in [-0.05, 0) is 45.1 Å². The molecule has 3 heterocycles. The molecule has 4 nitrogen and oxygen atoms in total. The average Bonchev–Trinajstić information content (AvgIpc) is 3.01. The minimum absolute atomic E-state index is 0.132. The Morgan fingerprint density at radius 2 is 2.24 bits per heavy atom. The van der Waals surface area contributed by atoms with Crippen molar-refractivity contribution in [2.75, 3.05) is 13.1 Å². The van der Waals surface area contributed by atoms with Gasteiger partial charge in [0.1, 0.15) is 0 Å². The van der Waals surface area contributed by atoms with Gasteiger partial charge >= 0.3 is 0 Å². The van der Waals surface area contributed by atoms with Crippen molar-refractivity contribution in [3.63, 3.8) is 0 Å². The van der Waals surface area contributed by atoms with Crippen LogP contribution in [-0.4, -0.2) is 42.1 Å². The molecule has 5 atom stereocenters. The summed E-state index contributed by atoms with van der Waals surface area (Å²) in [5, 5.41) is 0. The molecule has 3 saturated heterocycles. The lowest BCUT2D eigenvalue weighted by Gasteiger charge is -2.27. The predicted molar refractivity (Wildman–Crippen MR) is 64.3 cm³/mol. The normalized spacial score (nSPS) is 44.6. The first-order valence-electron chi connectivity index (χ1n) is 6.85. The Balaban J connectivity index is 1.66. The van der Waals surface area contributed by atoms with E-state index in [0.29, 0.717) is 30.5 Å². The first kappa shape index (κ1) is 11.5. The molecule has 4 heteroatoms. The number of amides is 1. The summed E-state index contributed by atoms with van der Waals surface area (Å²) in [6.07, 6.45) is 4.79. The maximum atomic E-state index is 12.5. The molecule has 3 aliphatic heterocycles. The van der Waals surface area contributed by atoms with Crippen LogP contribution < -0.4 is 5.73 Å². The molecule has 2 N–H and O–H groups in total. The van der Waals surface area contributed by atoms with Crippen molar-refractivity contribution in [2.45, 2.75) is 50.9 Å². The van der Waals surface area contributed by atoms with Gasteiger partial charge in [-0.25, -0.2) is 0 Å². The highest BCUT2D eigenvalue weighted by Crippen LogP contribution is 2.40. The fourth-order valence-corrected chi connectivity index (χ4v) is 3.73. The zero-order chi connectivity index (χ0) is 12.0. The van der Waals surface area contributed by atoms with Gasteiger partial charge in [-0.15, -0.1) is 0 Å². The van der Waals surface area contributed by atoms with Crippen molar-refractivity contribution in [1.29, 1.82) is 0 Å². The second-order valence-corrected chi connectivity index (χ2v) is 5.89. The van der Waals surface area contributed by atoms with Gasteiger partial charge in [0.15, 0.2) is 0 Å². The Morgan fingerprint density at radius 1 is 1.41 bits per heavy atom. The molecule has 0 spiro atoms. The van der Waals surface area contributed by atoms with Gasteiger partial charge in [-0.2, -0.15) is 0 Å². The molecule has 2 bridgehead atoms. The molecule has 3 rings (SSSR count). The van der Waals surface area contributed by atoms with Gasteiger partial charge in [-0.1, -0.05) is 0 Å². The Bertz CT molecular complexity index is 321. The molecular weight excluding hydrogens is 216 g/mol. The Kier molecular flexibility index (Phi) is 2.87. The monoisotopic (exact) mass is 238 g/mol. The van der Waals surface area contributed by atoms with Crippen LogP contribution >= 0.6 is 0 Å². The summed E-state index contributed by atoms with van der Waals surface area (Å²) in [5.74, 6) is 0.946. The van der Waals surface area contributed by atoms with Crippen LogP contribution in [0.5, 0.6) is 0 Å². The Morgan fingerprint density at radius 3 is 2.76 bits per heavy atom. The van der Waals surface area contributed by atoms with E-state index in [1.165, 1.54) is 0 Å². The first-order valence-corrected chi connectivity index (χ1v) is 6.85. The van der Waals surface area contributed by atoms with Gasteiger partial charge in [-0.3, -0.25) is 4.79 Å². The Labute approximate surface area is 102 Å². The third-order valence-corrected chi connectivity index (χ3v) is 4.70. The number of nitrogens with two attached hydrogens (primary N) is 1. The van der Waals surface area contributed by atoms with Gasteiger partial charge in [0.2, 0.25) is 5.91 Å². The summed E-state index contributed by atoms with van der Waals surface area (Å²) in [7, 11) is 0. The molecule has 0 aliphatic carbocycles. The summed E-state index contributed by atoms with van der Waals surface area (Å²) < 4.78 is 5.78. The number of nitrogens with zero attached hydrogens (tertiary/aromatic N) is 1. The van der Waals surface area contributed by atoms with Crippen LogP contribution in [0.4, 0.5) is 0 Å². The zero-order valence-electron chi connectivity index (χ0n) is 10.5. The van der Waals surface area contributed by atoms with Crippen molar-refractivity contribution in [3.8, 4) is 0 Å². The highest BCUT2D eigenvalue weighted by molar-refractivity contribution is 5.80. The molecule has 3 aliphatic rings. The van der Waals surface area contributed by atoms with Gasteiger partial charge in [0.25, 0.3) is 0 Å². The topological polar surface area (TPSA) is 55.6 Å². The van der Waals surface area contributed by atoms with Crippen LogP contribution in [0.1, 0.15) is 32.6 Å². The van der Waals surface area contributed by atoms with E-state index in [9.17, 15) is 4.79 Å². The fraction of sp³-hybridized carbons (Fsp3) is 0.923. The van der Waals surface area contributed by atoms with Crippen molar-refractivity contribution >= 4 is 5.91 Å². The number of fused-ring (bicyclic) bond motifs is 2. The fourth-order valence-electron chi connectivity index (χ4n) is 3.73. The van der Waals surface area contributed by atoms with Crippen molar-refractivity contribution < 1.29 is 9.53 Å². The number of hydrogen-bond acceptors (Lipinski definition) is 3. The molecule has 0 aromatic carbocycles. The minimum atomic E-state index is 0.132. The lowest BCUT2D eigenvalue weighted by molar-refractivity contribution is -0.137. The van der Waals surface area contributed by atoms with Crippen molar-refractivity contribution in [2.24, 2.45) is 17.6 Å². The van der Waals surface area contributed by atoms with Crippen LogP contribution in [0.25, 0.3) is 0 Å². The number of carbonyl (C=O) groups excluding carboxylic acids is 1. The maximum Gasteiger partial charge on any atom is 0.228 e. The second-order valence-electron chi connectivity index (χ2n) is 5.89. The third kappa shape index (κ3) is 1.87. The SMILES string of the molecule is CC1CC(CN)CN1C(=O)C1CC2CCC1O2. The summed E-state index contributed by atoms with van der Waals surface area (Å²) in [6.45, 7) is 3.69. The Hall–Kier alpha value is -0.610. The summed E-state index contributed by atoms with van der Waals surface area (Å²) in [5.41, 5.74) is 5.71. The summed E-state index contributed by atoms with van der Waals surface area (Å²) in [6, 6.07) is 0.357. The molecule has 0 saturated carbocycles. The number of likely N-dealkylation sites (tertiary alicyclic amines) is 1. The lowest BCUT2D eigenvalue weighted by Crippen LogP contribution is -2.42. The van der Waals surface area contributed by atoms with Crippen molar-refractivity contribution in [1.82, 2.24) is 4.90 Å². The van der Waals surface area contributed by atoms with Gasteiger partial charge < -0.3 is 15.4 Å². The standard InChI is InChI=1S/C13H22N2O2/c1-8-4-9(6-14)7-15(8)13(16)11-5-10-2-3-12(11)17-10/h8-12H,2-7,14H2,1H3. The van der Waals surface area contributed by atoms with E-state index >= 15 is 0 Å². The quantitative estimate of drug-likeness (QED) is 0.772. The largest absolute Gasteiger partial charge is 0.374 e. The van der Waals surface area contributed by atoms with E-state index in [0.717, 1.165) is 32.2 Å². The maximum absolute atomic E-state index is 12.5. The van der Waals surface area contributed by atoms with E-state index in [-0.39, 0.29) is 12.0 Å². The molecule has 0 radical (unpaired) electrons.